The van der Waals surface area contributed by atoms with Gasteiger partial charge in [-0.1, -0.05) is 6.92 Å². The van der Waals surface area contributed by atoms with Crippen LogP contribution in [0.1, 0.15) is 26.2 Å². The summed E-state index contributed by atoms with van der Waals surface area (Å²) < 4.78 is 10.7. The Hall–Kier alpha value is -1.75. The van der Waals surface area contributed by atoms with E-state index in [1.54, 1.807) is 0 Å². The van der Waals surface area contributed by atoms with Crippen LogP contribution in [-0.4, -0.2) is 43.8 Å². The van der Waals surface area contributed by atoms with Crippen LogP contribution in [0.3, 0.4) is 0 Å². The van der Waals surface area contributed by atoms with E-state index in [1.807, 2.05) is 23.1 Å². The highest BCUT2D eigenvalue weighted by atomic mass is 16.7. The summed E-state index contributed by atoms with van der Waals surface area (Å²) in [7, 11) is 0. The normalized spacial score (nSPS) is 23.0. The van der Waals surface area contributed by atoms with E-state index in [2.05, 4.69) is 11.8 Å². The van der Waals surface area contributed by atoms with Crippen LogP contribution >= 0.6 is 0 Å². The lowest BCUT2D eigenvalue weighted by Crippen LogP contribution is -2.65. The van der Waals surface area contributed by atoms with E-state index in [0.717, 1.165) is 56.2 Å². The number of nitrogens with zero attached hydrogens (tertiary/aromatic N) is 2. The fraction of sp³-hybridized carbons (Fsp3) is 0.588. The van der Waals surface area contributed by atoms with Gasteiger partial charge in [0.05, 0.1) is 5.41 Å². The van der Waals surface area contributed by atoms with Crippen molar-refractivity contribution in [2.45, 2.75) is 26.2 Å². The first-order valence-corrected chi connectivity index (χ1v) is 8.16. The molecule has 2 fully saturated rings. The summed E-state index contributed by atoms with van der Waals surface area (Å²) in [5.74, 6) is 1.78. The Labute approximate surface area is 130 Å². The van der Waals surface area contributed by atoms with Gasteiger partial charge in [-0.25, -0.2) is 0 Å². The third-order valence-corrected chi connectivity index (χ3v) is 5.18. The molecule has 1 spiro atoms. The summed E-state index contributed by atoms with van der Waals surface area (Å²) in [5.41, 5.74) is 0.816. The number of ether oxygens (including phenoxy) is 2. The number of amides is 1. The summed E-state index contributed by atoms with van der Waals surface area (Å²) in [6, 6.07) is 5.75. The fourth-order valence-electron chi connectivity index (χ4n) is 3.79. The van der Waals surface area contributed by atoms with Gasteiger partial charge in [-0.15, -0.1) is 0 Å². The monoisotopic (exact) mass is 302 g/mol. The Bertz CT molecular complexity index is 594. The minimum Gasteiger partial charge on any atom is -0.454 e. The molecule has 0 radical (unpaired) electrons. The van der Waals surface area contributed by atoms with Crippen LogP contribution in [-0.2, 0) is 4.79 Å². The molecule has 0 unspecified atom stereocenters. The molecular formula is C17H22N2O3. The molecule has 5 heteroatoms. The van der Waals surface area contributed by atoms with Crippen LogP contribution in [0.25, 0.3) is 0 Å². The topological polar surface area (TPSA) is 42.0 Å². The molecule has 2 saturated heterocycles. The van der Waals surface area contributed by atoms with Gasteiger partial charge in [-0.2, -0.15) is 0 Å². The zero-order chi connectivity index (χ0) is 15.2. The van der Waals surface area contributed by atoms with Gasteiger partial charge in [0, 0.05) is 18.3 Å². The van der Waals surface area contributed by atoms with Crippen LogP contribution in [0, 0.1) is 5.41 Å². The second-order valence-corrected chi connectivity index (χ2v) is 6.55. The zero-order valence-corrected chi connectivity index (χ0v) is 13.0. The van der Waals surface area contributed by atoms with Crippen molar-refractivity contribution < 1.29 is 14.3 Å². The lowest BCUT2D eigenvalue weighted by atomic mass is 9.70. The Balaban J connectivity index is 1.44. The lowest BCUT2D eigenvalue weighted by Gasteiger charge is -2.52. The Morgan fingerprint density at radius 3 is 2.68 bits per heavy atom. The number of hydrogen-bond donors (Lipinski definition) is 0. The minimum absolute atomic E-state index is 0.111. The molecule has 0 aromatic heterocycles. The molecule has 1 amide bonds. The van der Waals surface area contributed by atoms with Crippen molar-refractivity contribution in [1.82, 2.24) is 4.90 Å². The minimum atomic E-state index is -0.111. The van der Waals surface area contributed by atoms with Crippen molar-refractivity contribution in [3.63, 3.8) is 0 Å². The van der Waals surface area contributed by atoms with Crippen LogP contribution in [0.2, 0.25) is 0 Å². The van der Waals surface area contributed by atoms with E-state index in [-0.39, 0.29) is 18.1 Å². The highest BCUT2D eigenvalue weighted by Crippen LogP contribution is 2.45. The summed E-state index contributed by atoms with van der Waals surface area (Å²) in [4.78, 5) is 17.1. The quantitative estimate of drug-likeness (QED) is 0.803. The van der Waals surface area contributed by atoms with E-state index in [0.29, 0.717) is 0 Å². The van der Waals surface area contributed by atoms with Crippen molar-refractivity contribution in [2.24, 2.45) is 5.41 Å². The molecule has 4 rings (SSSR count). The standard InChI is InChI=1S/C17H22N2O3/c1-2-7-18-8-5-17(6-9-18)11-19(16(17)20)13-3-4-14-15(10-13)22-12-21-14/h3-4,10H,2,5-9,11-12H2,1H3. The van der Waals surface area contributed by atoms with Gasteiger partial charge in [0.2, 0.25) is 12.7 Å². The molecule has 0 atom stereocenters. The third kappa shape index (κ3) is 2.07. The van der Waals surface area contributed by atoms with Crippen molar-refractivity contribution in [3.8, 4) is 11.5 Å². The highest BCUT2D eigenvalue weighted by molar-refractivity contribution is 6.04. The second-order valence-electron chi connectivity index (χ2n) is 6.55. The average Bonchev–Trinajstić information content (AvgIpc) is 3.01. The molecule has 3 aliphatic rings. The molecule has 0 bridgehead atoms. The van der Waals surface area contributed by atoms with Crippen molar-refractivity contribution >= 4 is 11.6 Å². The van der Waals surface area contributed by atoms with Gasteiger partial charge in [-0.05, 0) is 51.0 Å². The van der Waals surface area contributed by atoms with Gasteiger partial charge in [0.15, 0.2) is 11.5 Å². The number of piperidine rings is 1. The van der Waals surface area contributed by atoms with Crippen LogP contribution in [0.4, 0.5) is 5.69 Å². The van der Waals surface area contributed by atoms with Crippen LogP contribution in [0.5, 0.6) is 11.5 Å². The first-order chi connectivity index (χ1) is 10.7. The molecule has 5 nitrogen and oxygen atoms in total. The van der Waals surface area contributed by atoms with Crippen molar-refractivity contribution in [1.29, 1.82) is 0 Å². The first kappa shape index (κ1) is 13.9. The van der Waals surface area contributed by atoms with Gasteiger partial charge < -0.3 is 19.3 Å². The van der Waals surface area contributed by atoms with Crippen molar-refractivity contribution in [3.05, 3.63) is 18.2 Å². The maximum absolute atomic E-state index is 12.7. The van der Waals surface area contributed by atoms with E-state index in [1.165, 1.54) is 6.42 Å². The van der Waals surface area contributed by atoms with E-state index >= 15 is 0 Å². The maximum atomic E-state index is 12.7. The van der Waals surface area contributed by atoms with Crippen LogP contribution < -0.4 is 14.4 Å². The number of likely N-dealkylation sites (tertiary alicyclic amines) is 1. The first-order valence-electron chi connectivity index (χ1n) is 8.16. The van der Waals surface area contributed by atoms with Gasteiger partial charge >= 0.3 is 0 Å². The Morgan fingerprint density at radius 2 is 1.95 bits per heavy atom. The Morgan fingerprint density at radius 1 is 1.18 bits per heavy atom. The molecule has 0 saturated carbocycles. The number of β-lactam (4-membered cyclic amide) rings is 1. The van der Waals surface area contributed by atoms with Gasteiger partial charge in [0.1, 0.15) is 0 Å². The number of carbonyl (C=O) groups is 1. The molecule has 1 aromatic rings. The van der Waals surface area contributed by atoms with Crippen LogP contribution in [0.15, 0.2) is 18.2 Å². The number of hydrogen-bond acceptors (Lipinski definition) is 4. The predicted octanol–water partition coefficient (Wildman–Crippen LogP) is 2.25. The molecule has 118 valence electrons. The van der Waals surface area contributed by atoms with E-state index in [9.17, 15) is 4.79 Å². The van der Waals surface area contributed by atoms with Gasteiger partial charge in [0.25, 0.3) is 0 Å². The van der Waals surface area contributed by atoms with E-state index in [4.69, 9.17) is 9.47 Å². The highest BCUT2D eigenvalue weighted by Gasteiger charge is 2.53. The molecule has 0 N–H and O–H groups in total. The number of benzene rings is 1. The number of rotatable bonds is 3. The summed E-state index contributed by atoms with van der Waals surface area (Å²) in [5, 5.41) is 0. The smallest absolute Gasteiger partial charge is 0.235 e. The lowest BCUT2D eigenvalue weighted by molar-refractivity contribution is -0.138. The van der Waals surface area contributed by atoms with Gasteiger partial charge in [-0.3, -0.25) is 4.79 Å². The summed E-state index contributed by atoms with van der Waals surface area (Å²) >= 11 is 0. The fourth-order valence-corrected chi connectivity index (χ4v) is 3.79. The molecule has 1 aromatic carbocycles. The van der Waals surface area contributed by atoms with E-state index < -0.39 is 0 Å². The van der Waals surface area contributed by atoms with Crippen molar-refractivity contribution in [2.75, 3.05) is 37.9 Å². The molecule has 3 heterocycles. The number of fused-ring (bicyclic) bond motifs is 1. The molecular weight excluding hydrogens is 280 g/mol. The largest absolute Gasteiger partial charge is 0.454 e. The second kappa shape index (κ2) is 5.16. The predicted molar refractivity (Wildman–Crippen MR) is 83.3 cm³/mol. The molecule has 22 heavy (non-hydrogen) atoms. The SMILES string of the molecule is CCCN1CCC2(CC1)CN(c1ccc3c(c1)OCO3)C2=O. The molecule has 0 aliphatic carbocycles. The zero-order valence-electron chi connectivity index (χ0n) is 13.0. The summed E-state index contributed by atoms with van der Waals surface area (Å²) in [6.45, 7) is 6.56. The molecule has 3 aliphatic heterocycles. The maximum Gasteiger partial charge on any atom is 0.235 e. The number of anilines is 1. The third-order valence-electron chi connectivity index (χ3n) is 5.18. The summed E-state index contributed by atoms with van der Waals surface area (Å²) in [6.07, 6.45) is 3.17. The number of carbonyl (C=O) groups excluding carboxylic acids is 1. The average molecular weight is 302 g/mol. The Kier molecular flexibility index (Phi) is 3.26.